The molecule has 3 aliphatic rings. The summed E-state index contributed by atoms with van der Waals surface area (Å²) in [6.07, 6.45) is 0.250. The first-order valence-corrected chi connectivity index (χ1v) is 10.1. The molecule has 12 heteroatoms. The number of cyclic esters (lactones) is 2. The minimum absolute atomic E-state index is 0. The minimum Gasteiger partial charge on any atom is -0.386 e. The Morgan fingerprint density at radius 1 is 0.789 bits per heavy atom. The molecule has 0 saturated heterocycles. The second-order valence-electron chi connectivity index (χ2n) is 6.96. The molecule has 0 radical (unpaired) electrons. The van der Waals surface area contributed by atoms with Crippen molar-refractivity contribution < 1.29 is 47.4 Å². The van der Waals surface area contributed by atoms with E-state index in [0.717, 1.165) is 18.2 Å². The van der Waals surface area contributed by atoms with Gasteiger partial charge in [-0.25, -0.2) is 22.8 Å². The van der Waals surface area contributed by atoms with Crippen LogP contribution in [0.5, 0.6) is 0 Å². The molecule has 0 spiro atoms. The molecule has 3 aromatic carbocycles. The summed E-state index contributed by atoms with van der Waals surface area (Å²) in [5.74, 6) is -4.98. The third-order valence-electron chi connectivity index (χ3n) is 4.73. The van der Waals surface area contributed by atoms with E-state index in [2.05, 4.69) is 15.8 Å². The number of carbonyl (C=O) groups excluding carboxylic acids is 5. The first kappa shape index (κ1) is 23.6. The lowest BCUT2D eigenvalue weighted by Crippen LogP contribution is -2.20. The third-order valence-corrected chi connectivity index (χ3v) is 4.73. The number of hydrogen-bond acceptors (Lipinski definition) is 7. The van der Waals surface area contributed by atoms with E-state index in [1.54, 1.807) is 0 Å². The van der Waals surface area contributed by atoms with E-state index in [1.165, 1.54) is 36.4 Å². The van der Waals surface area contributed by atoms with E-state index in [1.807, 2.05) is 5.32 Å². The molecule has 6 rings (SSSR count). The standard InChI is InChI=1S/C8H4FNO2.C8H8FN.C8H3FO3.CH3NO.CH4/c9-5-3-1-2-4-6(5)8(12)10-7(4)11;9-8-3-1-2-6-4-10-5-7(6)8;9-5-3-1-2-4-6(5)8(11)12-7(4)10;2-1-3;/h1-3H,(H,10,11,12);1-3,10H,4-5H2;1-3H;1H,(H2,2,3);1H4/i;4D2,5D2;;;. The Hall–Kier alpha value is -4.84. The van der Waals surface area contributed by atoms with Gasteiger partial charge in [-0.15, -0.1) is 0 Å². The van der Waals surface area contributed by atoms with Gasteiger partial charge < -0.3 is 15.8 Å². The lowest BCUT2D eigenvalue weighted by atomic mass is 10.1. The number of benzene rings is 3. The quantitative estimate of drug-likeness (QED) is 0.174. The van der Waals surface area contributed by atoms with E-state index >= 15 is 0 Å². The van der Waals surface area contributed by atoms with Crippen LogP contribution in [-0.4, -0.2) is 30.2 Å². The number of fused-ring (bicyclic) bond motifs is 3. The van der Waals surface area contributed by atoms with Crippen molar-refractivity contribution in [1.82, 2.24) is 10.6 Å². The van der Waals surface area contributed by atoms with Crippen molar-refractivity contribution in [2.24, 2.45) is 5.73 Å². The number of esters is 2. The predicted octanol–water partition coefficient (Wildman–Crippen LogP) is 3.01. The molecular weight excluding hydrogens is 507 g/mol. The highest BCUT2D eigenvalue weighted by atomic mass is 19.1. The van der Waals surface area contributed by atoms with Gasteiger partial charge in [0.1, 0.15) is 23.0 Å². The molecule has 3 aromatic rings. The van der Waals surface area contributed by atoms with Crippen LogP contribution in [-0.2, 0) is 22.5 Å². The number of nitrogens with two attached hydrogens (primary N) is 1. The minimum atomic E-state index is -2.15. The lowest BCUT2D eigenvalue weighted by Gasteiger charge is -1.96. The Morgan fingerprint density at radius 3 is 1.92 bits per heavy atom. The maximum absolute atomic E-state index is 13.3. The Bertz CT molecular complexity index is 1510. The van der Waals surface area contributed by atoms with Gasteiger partial charge in [0, 0.05) is 24.0 Å². The van der Waals surface area contributed by atoms with Crippen molar-refractivity contribution in [2.75, 3.05) is 0 Å². The number of ether oxygens (including phenoxy) is 1. The number of hydrogen-bond donors (Lipinski definition) is 3. The van der Waals surface area contributed by atoms with Gasteiger partial charge in [0.25, 0.3) is 11.8 Å². The SMILES string of the molecule is C.NC=O.O=C1NC(=O)c2c(F)cccc21.O=C1OC(=O)c2c(F)cccc21.[2H]C1([2H])NC([2H])([2H])c2c(F)cccc21. The number of primary amides is 1. The molecule has 0 aliphatic carbocycles. The van der Waals surface area contributed by atoms with Gasteiger partial charge in [-0.2, -0.15) is 0 Å². The summed E-state index contributed by atoms with van der Waals surface area (Å²) in [6, 6.07) is 11.7. The molecule has 9 nitrogen and oxygen atoms in total. The van der Waals surface area contributed by atoms with Crippen LogP contribution < -0.4 is 16.4 Å². The molecule has 3 aliphatic heterocycles. The normalized spacial score (nSPS) is 17.7. The van der Waals surface area contributed by atoms with E-state index in [0.29, 0.717) is 0 Å². The number of amides is 3. The zero-order chi connectivity index (χ0) is 30.7. The zero-order valence-electron chi connectivity index (χ0n) is 22.4. The summed E-state index contributed by atoms with van der Waals surface area (Å²) in [6.45, 7) is -4.16. The predicted molar refractivity (Wildman–Crippen MR) is 128 cm³/mol. The van der Waals surface area contributed by atoms with E-state index in [9.17, 15) is 32.3 Å². The summed E-state index contributed by atoms with van der Waals surface area (Å²) < 4.78 is 73.1. The molecule has 3 amide bonds. The van der Waals surface area contributed by atoms with Gasteiger partial charge >= 0.3 is 11.9 Å². The summed E-state index contributed by atoms with van der Waals surface area (Å²) in [4.78, 5) is 52.1. The largest absolute Gasteiger partial charge is 0.386 e. The van der Waals surface area contributed by atoms with Crippen molar-refractivity contribution in [1.29, 1.82) is 0 Å². The maximum atomic E-state index is 13.3. The van der Waals surface area contributed by atoms with Gasteiger partial charge in [-0.05, 0) is 35.9 Å². The van der Waals surface area contributed by atoms with Crippen LogP contribution in [0.2, 0.25) is 0 Å². The van der Waals surface area contributed by atoms with Crippen molar-refractivity contribution >= 4 is 30.2 Å². The van der Waals surface area contributed by atoms with Crippen LogP contribution in [0.15, 0.2) is 54.6 Å². The Balaban J connectivity index is 0.000000208. The van der Waals surface area contributed by atoms with Crippen LogP contribution in [0.3, 0.4) is 0 Å². The van der Waals surface area contributed by atoms with Crippen molar-refractivity contribution in [3.8, 4) is 0 Å². The fourth-order valence-corrected chi connectivity index (χ4v) is 3.19. The molecule has 0 unspecified atom stereocenters. The van der Waals surface area contributed by atoms with Crippen LogP contribution in [0.25, 0.3) is 0 Å². The molecular formula is C26H22F3N3O6. The first-order chi connectivity index (χ1) is 19.2. The summed E-state index contributed by atoms with van der Waals surface area (Å²) in [7, 11) is 0. The Labute approximate surface area is 220 Å². The second kappa shape index (κ2) is 12.9. The van der Waals surface area contributed by atoms with Gasteiger partial charge in [0.2, 0.25) is 6.41 Å². The topological polar surface area (TPSA) is 145 Å². The summed E-state index contributed by atoms with van der Waals surface area (Å²) in [5, 5.41) is 4.11. The molecule has 0 saturated carbocycles. The first-order valence-electron chi connectivity index (χ1n) is 12.1. The monoisotopic (exact) mass is 533 g/mol. The van der Waals surface area contributed by atoms with Gasteiger partial charge in [-0.3, -0.25) is 19.7 Å². The van der Waals surface area contributed by atoms with Crippen LogP contribution in [0, 0.1) is 17.5 Å². The number of halogens is 3. The fourth-order valence-electron chi connectivity index (χ4n) is 3.19. The number of nitrogens with one attached hydrogen (secondary N) is 2. The molecule has 38 heavy (non-hydrogen) atoms. The molecule has 198 valence electrons. The van der Waals surface area contributed by atoms with Crippen LogP contribution in [0.1, 0.15) is 65.5 Å². The highest BCUT2D eigenvalue weighted by Crippen LogP contribution is 2.22. The number of imide groups is 1. The fraction of sp³-hybridized carbons (Fsp3) is 0.115. The molecule has 0 aromatic heterocycles. The van der Waals surface area contributed by atoms with Crippen molar-refractivity contribution in [2.45, 2.75) is 20.4 Å². The Morgan fingerprint density at radius 2 is 1.34 bits per heavy atom. The van der Waals surface area contributed by atoms with E-state index in [4.69, 9.17) is 10.3 Å². The molecule has 4 N–H and O–H groups in total. The third kappa shape index (κ3) is 6.28. The lowest BCUT2D eigenvalue weighted by molar-refractivity contribution is -0.106. The molecule has 3 heterocycles. The van der Waals surface area contributed by atoms with Gasteiger partial charge in [-0.1, -0.05) is 31.7 Å². The van der Waals surface area contributed by atoms with Crippen LogP contribution in [0.4, 0.5) is 13.2 Å². The number of carbonyl (C=O) groups is 5. The second-order valence-corrected chi connectivity index (χ2v) is 6.96. The van der Waals surface area contributed by atoms with Crippen LogP contribution >= 0.6 is 0 Å². The molecule has 0 atom stereocenters. The van der Waals surface area contributed by atoms with Crippen molar-refractivity contribution in [3.63, 3.8) is 0 Å². The van der Waals surface area contributed by atoms with E-state index in [-0.39, 0.29) is 47.2 Å². The molecule has 0 fully saturated rings. The average Bonchev–Trinajstić information content (AvgIpc) is 3.41. The highest BCUT2D eigenvalue weighted by molar-refractivity contribution is 6.21. The summed E-state index contributed by atoms with van der Waals surface area (Å²) >= 11 is 0. The summed E-state index contributed by atoms with van der Waals surface area (Å²) in [5.41, 5.74) is 3.66. The number of rotatable bonds is 0. The maximum Gasteiger partial charge on any atom is 0.349 e. The Kier molecular flexibility index (Phi) is 8.01. The smallest absolute Gasteiger partial charge is 0.349 e. The highest BCUT2D eigenvalue weighted by Gasteiger charge is 2.32. The van der Waals surface area contributed by atoms with Crippen molar-refractivity contribution in [3.05, 3.63) is 105 Å². The van der Waals surface area contributed by atoms with Gasteiger partial charge in [0.15, 0.2) is 0 Å². The van der Waals surface area contributed by atoms with E-state index < -0.39 is 54.2 Å². The molecule has 0 bridgehead atoms. The van der Waals surface area contributed by atoms with Gasteiger partial charge in [0.05, 0.1) is 16.7 Å². The average molecular weight is 533 g/mol. The zero-order valence-corrected chi connectivity index (χ0v) is 18.4.